The number of carbonyl (C=O) groups excluding carboxylic acids is 1. The monoisotopic (exact) mass is 423 g/mol. The molecule has 154 valence electrons. The third-order valence-electron chi connectivity index (χ3n) is 4.27. The molecule has 0 spiro atoms. The smallest absolute Gasteiger partial charge is 0.303 e. The first kappa shape index (κ1) is 21.0. The van der Waals surface area contributed by atoms with Gasteiger partial charge in [0, 0.05) is 24.2 Å². The number of benzene rings is 2. The first-order chi connectivity index (χ1) is 14.4. The van der Waals surface area contributed by atoms with E-state index in [1.165, 1.54) is 11.3 Å². The number of carboxylic acid groups (broad SMARTS) is 1. The molecule has 0 fully saturated rings. The topological polar surface area (TPSA) is 144 Å². The molecule has 0 aliphatic heterocycles. The van der Waals surface area contributed by atoms with Crippen molar-refractivity contribution in [3.8, 4) is 10.4 Å². The number of hydrogen-bond donors (Lipinski definition) is 4. The molecule has 6 N–H and O–H groups in total. The highest BCUT2D eigenvalue weighted by molar-refractivity contribution is 7.18. The Hall–Kier alpha value is -3.72. The van der Waals surface area contributed by atoms with E-state index in [-0.39, 0.29) is 24.7 Å². The van der Waals surface area contributed by atoms with E-state index in [1.54, 1.807) is 12.3 Å². The Labute approximate surface area is 177 Å². The molecule has 8 nitrogen and oxygen atoms in total. The first-order valence-corrected chi connectivity index (χ1v) is 9.95. The van der Waals surface area contributed by atoms with Gasteiger partial charge in [0.2, 0.25) is 11.0 Å². The number of nitrogens with zero attached hydrogens (tertiary/aromatic N) is 2. The summed E-state index contributed by atoms with van der Waals surface area (Å²) in [7, 11) is 0. The zero-order chi connectivity index (χ0) is 21.5. The Morgan fingerprint density at radius 2 is 1.87 bits per heavy atom. The van der Waals surface area contributed by atoms with E-state index >= 15 is 0 Å². The van der Waals surface area contributed by atoms with Gasteiger partial charge < -0.3 is 21.9 Å². The number of thiazole rings is 1. The minimum absolute atomic E-state index is 0.0637. The van der Waals surface area contributed by atoms with Crippen LogP contribution < -0.4 is 16.8 Å². The van der Waals surface area contributed by atoms with Gasteiger partial charge in [-0.1, -0.05) is 53.8 Å². The molecule has 0 saturated heterocycles. The van der Waals surface area contributed by atoms with Crippen molar-refractivity contribution in [3.63, 3.8) is 0 Å². The Bertz CT molecular complexity index is 1060. The predicted molar refractivity (Wildman–Crippen MR) is 118 cm³/mol. The van der Waals surface area contributed by atoms with Crippen LogP contribution in [0.2, 0.25) is 0 Å². The summed E-state index contributed by atoms with van der Waals surface area (Å²) in [6.45, 7) is 0. The number of carbonyl (C=O) groups is 2. The van der Waals surface area contributed by atoms with Crippen molar-refractivity contribution in [2.24, 2.45) is 16.5 Å². The molecular weight excluding hydrogens is 402 g/mol. The number of anilines is 1. The third-order valence-corrected chi connectivity index (χ3v) is 5.21. The maximum absolute atomic E-state index is 12.6. The minimum Gasteiger partial charge on any atom is -0.481 e. The Morgan fingerprint density at radius 3 is 2.57 bits per heavy atom. The van der Waals surface area contributed by atoms with E-state index in [4.69, 9.17) is 11.5 Å². The Kier molecular flexibility index (Phi) is 6.76. The molecule has 1 amide bonds. The number of hydrogen-bond acceptors (Lipinski definition) is 5. The highest BCUT2D eigenvalue weighted by Crippen LogP contribution is 2.32. The second-order valence-corrected chi connectivity index (χ2v) is 7.59. The summed E-state index contributed by atoms with van der Waals surface area (Å²) in [6.07, 6.45) is 1.60. The summed E-state index contributed by atoms with van der Waals surface area (Å²) in [6, 6.07) is 16.5. The third kappa shape index (κ3) is 5.89. The zero-order valence-corrected chi connectivity index (χ0v) is 16.8. The number of rotatable bonds is 8. The van der Waals surface area contributed by atoms with Gasteiger partial charge in [0.05, 0.1) is 11.3 Å². The zero-order valence-electron chi connectivity index (χ0n) is 16.0. The molecule has 1 atom stereocenters. The van der Waals surface area contributed by atoms with Crippen LogP contribution in [0.1, 0.15) is 24.3 Å². The summed E-state index contributed by atoms with van der Waals surface area (Å²) in [5.41, 5.74) is 13.0. The van der Waals surface area contributed by atoms with E-state index in [0.29, 0.717) is 10.8 Å². The maximum Gasteiger partial charge on any atom is 0.303 e. The number of nitrogens with two attached hydrogens (primary N) is 2. The fourth-order valence-electron chi connectivity index (χ4n) is 2.99. The minimum atomic E-state index is -0.944. The largest absolute Gasteiger partial charge is 0.481 e. The van der Waals surface area contributed by atoms with Crippen molar-refractivity contribution in [1.82, 2.24) is 4.98 Å². The number of aliphatic carboxylic acids is 1. The molecule has 3 aromatic rings. The van der Waals surface area contributed by atoms with Crippen LogP contribution in [-0.2, 0) is 9.59 Å². The van der Waals surface area contributed by atoms with Crippen molar-refractivity contribution in [2.45, 2.75) is 18.8 Å². The van der Waals surface area contributed by atoms with Gasteiger partial charge in [0.25, 0.3) is 0 Å². The molecule has 0 aliphatic carbocycles. The van der Waals surface area contributed by atoms with Gasteiger partial charge in [-0.15, -0.1) is 0 Å². The molecule has 1 unspecified atom stereocenters. The molecular formula is C21H21N5O3S. The fourth-order valence-corrected chi connectivity index (χ4v) is 3.79. The molecule has 1 heterocycles. The van der Waals surface area contributed by atoms with Crippen molar-refractivity contribution in [3.05, 3.63) is 66.4 Å². The first-order valence-electron chi connectivity index (χ1n) is 9.13. The Balaban J connectivity index is 1.72. The van der Waals surface area contributed by atoms with Crippen molar-refractivity contribution in [1.29, 1.82) is 0 Å². The van der Waals surface area contributed by atoms with E-state index in [9.17, 15) is 14.7 Å². The van der Waals surface area contributed by atoms with Gasteiger partial charge >= 0.3 is 5.97 Å². The number of aromatic nitrogens is 1. The van der Waals surface area contributed by atoms with E-state index in [0.717, 1.165) is 16.0 Å². The normalized spacial score (nSPS) is 11.5. The number of amides is 1. The second kappa shape index (κ2) is 9.66. The highest BCUT2D eigenvalue weighted by atomic mass is 32.1. The van der Waals surface area contributed by atoms with Gasteiger partial charge in [-0.25, -0.2) is 4.98 Å². The summed E-state index contributed by atoms with van der Waals surface area (Å²) in [4.78, 5) is 32.7. The van der Waals surface area contributed by atoms with E-state index < -0.39 is 11.9 Å². The Morgan fingerprint density at radius 1 is 1.10 bits per heavy atom. The van der Waals surface area contributed by atoms with Crippen LogP contribution in [0.5, 0.6) is 0 Å². The number of nitrogens with one attached hydrogen (secondary N) is 1. The van der Waals surface area contributed by atoms with Gasteiger partial charge in [0.1, 0.15) is 0 Å². The van der Waals surface area contributed by atoms with Crippen LogP contribution >= 0.6 is 11.3 Å². The lowest BCUT2D eigenvalue weighted by atomic mass is 9.92. The van der Waals surface area contributed by atoms with Crippen LogP contribution in [0.3, 0.4) is 0 Å². The summed E-state index contributed by atoms with van der Waals surface area (Å²) >= 11 is 1.32. The lowest BCUT2D eigenvalue weighted by Crippen LogP contribution is -2.21. The average Bonchev–Trinajstić information content (AvgIpc) is 3.16. The van der Waals surface area contributed by atoms with Crippen molar-refractivity contribution < 1.29 is 14.7 Å². The van der Waals surface area contributed by atoms with Crippen LogP contribution in [0.15, 0.2) is 65.8 Å². The van der Waals surface area contributed by atoms with Gasteiger partial charge in [-0.2, -0.15) is 4.99 Å². The standard InChI is InChI=1S/C21H21N5O3S/c22-20(23)26-21-24-12-17(30-21)14-7-4-8-16(9-14)25-18(27)10-15(11-19(28)29)13-5-2-1-3-6-13/h1-9,12,15H,10-11H2,(H,25,27)(H,28,29)(H4,22,23,24,26). The predicted octanol–water partition coefficient (Wildman–Crippen LogP) is 3.30. The average molecular weight is 423 g/mol. The van der Waals surface area contributed by atoms with Crippen molar-refractivity contribution in [2.75, 3.05) is 5.32 Å². The maximum atomic E-state index is 12.6. The number of aliphatic imine (C=N–C) groups is 1. The molecule has 9 heteroatoms. The summed E-state index contributed by atoms with van der Waals surface area (Å²) in [5, 5.41) is 12.5. The molecule has 0 bridgehead atoms. The second-order valence-electron chi connectivity index (χ2n) is 6.58. The van der Waals surface area contributed by atoms with Crippen molar-refractivity contribution >= 4 is 40.0 Å². The van der Waals surface area contributed by atoms with Crippen LogP contribution in [0.4, 0.5) is 10.8 Å². The quantitative estimate of drug-likeness (QED) is 0.323. The van der Waals surface area contributed by atoms with E-state index in [2.05, 4.69) is 15.3 Å². The van der Waals surface area contributed by atoms with E-state index in [1.807, 2.05) is 48.5 Å². The molecule has 3 rings (SSSR count). The fraction of sp³-hybridized carbons (Fsp3) is 0.143. The molecule has 30 heavy (non-hydrogen) atoms. The van der Waals surface area contributed by atoms with Gasteiger partial charge in [0.15, 0.2) is 5.96 Å². The summed E-state index contributed by atoms with van der Waals surface area (Å²) in [5.74, 6) is -1.67. The lowest BCUT2D eigenvalue weighted by molar-refractivity contribution is -0.137. The highest BCUT2D eigenvalue weighted by Gasteiger charge is 2.19. The summed E-state index contributed by atoms with van der Waals surface area (Å²) < 4.78 is 0. The molecule has 0 saturated carbocycles. The molecule has 1 aromatic heterocycles. The molecule has 2 aromatic carbocycles. The molecule has 0 radical (unpaired) electrons. The number of carboxylic acids is 1. The number of guanidine groups is 1. The van der Waals surface area contributed by atoms with Gasteiger partial charge in [-0.05, 0) is 23.3 Å². The van der Waals surface area contributed by atoms with Crippen LogP contribution in [0.25, 0.3) is 10.4 Å². The van der Waals surface area contributed by atoms with Crippen LogP contribution in [0, 0.1) is 0 Å². The molecule has 0 aliphatic rings. The SMILES string of the molecule is NC(N)=Nc1ncc(-c2cccc(NC(=O)CC(CC(=O)O)c3ccccc3)c2)s1. The van der Waals surface area contributed by atoms with Gasteiger partial charge in [-0.3, -0.25) is 9.59 Å². The lowest BCUT2D eigenvalue weighted by Gasteiger charge is -2.15. The van der Waals surface area contributed by atoms with Crippen LogP contribution in [-0.4, -0.2) is 27.9 Å².